The van der Waals surface area contributed by atoms with Gasteiger partial charge in [-0.25, -0.2) is 0 Å². The second-order valence-electron chi connectivity index (χ2n) is 4.44. The van der Waals surface area contributed by atoms with Gasteiger partial charge in [0.25, 0.3) is 0 Å². The highest BCUT2D eigenvalue weighted by atomic mass is 16.3. The number of quaternary nitrogens is 1. The minimum absolute atomic E-state index is 0.313. The van der Waals surface area contributed by atoms with Crippen LogP contribution in [0.1, 0.15) is 37.4 Å². The monoisotopic (exact) mass is 206 g/mol. The summed E-state index contributed by atoms with van der Waals surface area (Å²) < 4.78 is 0. The maximum Gasteiger partial charge on any atom is 0.128 e. The number of hydrogen-bond donors (Lipinski definition) is 2. The van der Waals surface area contributed by atoms with Gasteiger partial charge in [-0.05, 0) is 31.2 Å². The second-order valence-corrected chi connectivity index (χ2v) is 4.44. The van der Waals surface area contributed by atoms with E-state index in [0.717, 1.165) is 18.2 Å². The summed E-state index contributed by atoms with van der Waals surface area (Å²) in [5.41, 5.74) is 1.03. The molecule has 1 saturated carbocycles. The van der Waals surface area contributed by atoms with E-state index in [1.165, 1.54) is 25.7 Å². The lowest BCUT2D eigenvalue weighted by molar-refractivity contribution is -0.694. The molecule has 0 amide bonds. The molecule has 2 rings (SSSR count). The first-order valence-corrected chi connectivity index (χ1v) is 5.92. The molecule has 1 fully saturated rings. The van der Waals surface area contributed by atoms with E-state index in [4.69, 9.17) is 0 Å². The van der Waals surface area contributed by atoms with Crippen LogP contribution >= 0.6 is 0 Å². The van der Waals surface area contributed by atoms with Crippen molar-refractivity contribution in [2.24, 2.45) is 0 Å². The summed E-state index contributed by atoms with van der Waals surface area (Å²) in [6.07, 6.45) is 5.06. The maximum atomic E-state index is 9.95. The highest BCUT2D eigenvalue weighted by molar-refractivity contribution is 5.16. The van der Waals surface area contributed by atoms with E-state index in [9.17, 15) is 5.11 Å². The Morgan fingerprint density at radius 2 is 1.87 bits per heavy atom. The lowest BCUT2D eigenvalue weighted by Crippen LogP contribution is -2.90. The van der Waals surface area contributed by atoms with E-state index in [2.05, 4.69) is 5.32 Å². The molecule has 15 heavy (non-hydrogen) atoms. The number of aliphatic hydroxyl groups excluding tert-OH is 1. The largest absolute Gasteiger partial charge is 0.382 e. The first-order valence-electron chi connectivity index (χ1n) is 5.92. The molecule has 1 aromatic rings. The highest BCUT2D eigenvalue weighted by Gasteiger charge is 2.19. The molecule has 0 spiro atoms. The van der Waals surface area contributed by atoms with Gasteiger partial charge in [0.2, 0.25) is 0 Å². The average molecular weight is 206 g/mol. The van der Waals surface area contributed by atoms with Gasteiger partial charge in [-0.15, -0.1) is 0 Å². The first-order chi connectivity index (χ1) is 7.36. The van der Waals surface area contributed by atoms with E-state index >= 15 is 0 Å². The van der Waals surface area contributed by atoms with E-state index < -0.39 is 0 Å². The van der Waals surface area contributed by atoms with Gasteiger partial charge in [0, 0.05) is 0 Å². The number of benzene rings is 1. The quantitative estimate of drug-likeness (QED) is 0.763. The topological polar surface area (TPSA) is 36.8 Å². The minimum atomic E-state index is -0.313. The van der Waals surface area contributed by atoms with Crippen molar-refractivity contribution < 1.29 is 10.4 Å². The number of rotatable bonds is 4. The van der Waals surface area contributed by atoms with Gasteiger partial charge in [0.15, 0.2) is 0 Å². The highest BCUT2D eigenvalue weighted by Crippen LogP contribution is 2.15. The standard InChI is InChI=1S/C13H19NO/c15-13(11-6-2-1-3-7-11)10-14-12-8-4-5-9-12/h1-3,6-7,12-15H,4-5,8-10H2/p+1/t13-/m1/s1. The first kappa shape index (κ1) is 10.7. The van der Waals surface area contributed by atoms with Crippen LogP contribution in [-0.2, 0) is 0 Å². The summed E-state index contributed by atoms with van der Waals surface area (Å²) in [5.74, 6) is 0. The Balaban J connectivity index is 1.79. The Labute approximate surface area is 91.3 Å². The molecule has 0 aromatic heterocycles. The van der Waals surface area contributed by atoms with Gasteiger partial charge >= 0.3 is 0 Å². The molecule has 1 atom stereocenters. The number of hydrogen-bond acceptors (Lipinski definition) is 1. The molecule has 2 nitrogen and oxygen atoms in total. The molecule has 0 heterocycles. The van der Waals surface area contributed by atoms with Crippen molar-refractivity contribution in [3.05, 3.63) is 35.9 Å². The van der Waals surface area contributed by atoms with Crippen molar-refractivity contribution in [3.8, 4) is 0 Å². The van der Waals surface area contributed by atoms with Gasteiger partial charge < -0.3 is 10.4 Å². The summed E-state index contributed by atoms with van der Waals surface area (Å²) in [4.78, 5) is 0. The number of aliphatic hydroxyl groups is 1. The van der Waals surface area contributed by atoms with Crippen molar-refractivity contribution in [2.45, 2.75) is 37.8 Å². The van der Waals surface area contributed by atoms with Gasteiger partial charge in [-0.3, -0.25) is 0 Å². The van der Waals surface area contributed by atoms with Crippen molar-refractivity contribution >= 4 is 0 Å². The van der Waals surface area contributed by atoms with Gasteiger partial charge in [0.1, 0.15) is 12.6 Å². The molecule has 2 heteroatoms. The normalized spacial score (nSPS) is 19.3. The van der Waals surface area contributed by atoms with Crippen LogP contribution in [0.25, 0.3) is 0 Å². The summed E-state index contributed by atoms with van der Waals surface area (Å²) in [6, 6.07) is 10.7. The fourth-order valence-electron chi connectivity index (χ4n) is 2.33. The SMILES string of the molecule is O[C@H](C[NH2+]C1CCCC1)c1ccccc1. The van der Waals surface area contributed by atoms with Gasteiger partial charge in [0.05, 0.1) is 6.04 Å². The Kier molecular flexibility index (Phi) is 3.75. The van der Waals surface area contributed by atoms with E-state index in [1.807, 2.05) is 30.3 Å². The van der Waals surface area contributed by atoms with Crippen molar-refractivity contribution in [1.29, 1.82) is 0 Å². The molecule has 1 aliphatic carbocycles. The molecule has 0 aliphatic heterocycles. The third-order valence-corrected chi connectivity index (χ3v) is 3.28. The van der Waals surface area contributed by atoms with Crippen molar-refractivity contribution in [3.63, 3.8) is 0 Å². The van der Waals surface area contributed by atoms with Crippen molar-refractivity contribution in [2.75, 3.05) is 6.54 Å². The van der Waals surface area contributed by atoms with Gasteiger partial charge in [-0.2, -0.15) is 0 Å². The molecular weight excluding hydrogens is 186 g/mol. The molecule has 1 aliphatic rings. The van der Waals surface area contributed by atoms with Crippen LogP contribution in [0.15, 0.2) is 30.3 Å². The second kappa shape index (κ2) is 5.29. The fourth-order valence-corrected chi connectivity index (χ4v) is 2.33. The van der Waals surface area contributed by atoms with E-state index in [0.29, 0.717) is 0 Å². The van der Waals surface area contributed by atoms with Crippen LogP contribution in [0.4, 0.5) is 0 Å². The molecule has 1 aromatic carbocycles. The minimum Gasteiger partial charge on any atom is -0.382 e. The summed E-state index contributed by atoms with van der Waals surface area (Å²) in [5, 5.41) is 12.3. The summed E-state index contributed by atoms with van der Waals surface area (Å²) in [6.45, 7) is 0.800. The average Bonchev–Trinajstić information content (AvgIpc) is 2.80. The van der Waals surface area contributed by atoms with E-state index in [-0.39, 0.29) is 6.10 Å². The predicted molar refractivity (Wildman–Crippen MR) is 60.5 cm³/mol. The van der Waals surface area contributed by atoms with Crippen LogP contribution in [0, 0.1) is 0 Å². The van der Waals surface area contributed by atoms with Gasteiger partial charge in [-0.1, -0.05) is 30.3 Å². The van der Waals surface area contributed by atoms with Crippen LogP contribution in [0.3, 0.4) is 0 Å². The fraction of sp³-hybridized carbons (Fsp3) is 0.538. The molecule has 0 bridgehead atoms. The molecule has 0 saturated heterocycles. The maximum absolute atomic E-state index is 9.95. The Morgan fingerprint density at radius 1 is 1.20 bits per heavy atom. The number of nitrogens with two attached hydrogens (primary N) is 1. The van der Waals surface area contributed by atoms with E-state index in [1.54, 1.807) is 0 Å². The molecule has 82 valence electrons. The van der Waals surface area contributed by atoms with Crippen LogP contribution in [-0.4, -0.2) is 17.7 Å². The summed E-state index contributed by atoms with van der Waals surface area (Å²) >= 11 is 0. The molecule has 3 N–H and O–H groups in total. The smallest absolute Gasteiger partial charge is 0.128 e. The Bertz CT molecular complexity index is 280. The third kappa shape index (κ3) is 3.05. The zero-order valence-electron chi connectivity index (χ0n) is 9.10. The third-order valence-electron chi connectivity index (χ3n) is 3.28. The lowest BCUT2D eigenvalue weighted by Gasteiger charge is -2.13. The molecule has 0 unspecified atom stereocenters. The zero-order chi connectivity index (χ0) is 10.5. The van der Waals surface area contributed by atoms with Crippen molar-refractivity contribution in [1.82, 2.24) is 0 Å². The van der Waals surface area contributed by atoms with Crippen LogP contribution < -0.4 is 5.32 Å². The molecule has 0 radical (unpaired) electrons. The lowest BCUT2D eigenvalue weighted by atomic mass is 10.1. The van der Waals surface area contributed by atoms with Crippen LogP contribution in [0.2, 0.25) is 0 Å². The Hall–Kier alpha value is -0.860. The zero-order valence-corrected chi connectivity index (χ0v) is 9.10. The predicted octanol–water partition coefficient (Wildman–Crippen LogP) is 1.23. The molecular formula is C13H20NO+. The summed E-state index contributed by atoms with van der Waals surface area (Å²) in [7, 11) is 0. The van der Waals surface area contributed by atoms with Crippen LogP contribution in [0.5, 0.6) is 0 Å². The Morgan fingerprint density at radius 3 is 2.53 bits per heavy atom.